The monoisotopic (exact) mass is 366 g/mol. The number of aromatic hydroxyl groups is 1. The lowest BCUT2D eigenvalue weighted by atomic mass is 9.89. The minimum absolute atomic E-state index is 0.0177. The number of fused-ring (bicyclic) bond motifs is 2. The summed E-state index contributed by atoms with van der Waals surface area (Å²) >= 11 is 0. The third kappa shape index (κ3) is 2.52. The molecule has 4 rings (SSSR count). The summed E-state index contributed by atoms with van der Waals surface area (Å²) in [5.74, 6) is 1.27. The molecule has 0 fully saturated rings. The van der Waals surface area contributed by atoms with Gasteiger partial charge in [0.25, 0.3) is 0 Å². The predicted octanol–water partition coefficient (Wildman–Crippen LogP) is 3.91. The molecule has 0 radical (unpaired) electrons. The summed E-state index contributed by atoms with van der Waals surface area (Å²) in [6, 6.07) is 10.8. The molecule has 0 bridgehead atoms. The van der Waals surface area contributed by atoms with Gasteiger partial charge >= 0.3 is 5.97 Å². The van der Waals surface area contributed by atoms with Gasteiger partial charge in [-0.25, -0.2) is 4.79 Å². The van der Waals surface area contributed by atoms with Gasteiger partial charge < -0.3 is 24.1 Å². The second-order valence-electron chi connectivity index (χ2n) is 6.13. The van der Waals surface area contributed by atoms with Crippen LogP contribution in [0.3, 0.4) is 0 Å². The van der Waals surface area contributed by atoms with E-state index in [1.807, 2.05) is 24.3 Å². The summed E-state index contributed by atoms with van der Waals surface area (Å²) < 4.78 is 21.2. The first-order valence-electron chi connectivity index (χ1n) is 8.34. The Morgan fingerprint density at radius 1 is 0.889 bits per heavy atom. The van der Waals surface area contributed by atoms with Crippen LogP contribution in [-0.2, 0) is 11.3 Å². The van der Waals surface area contributed by atoms with E-state index in [4.69, 9.17) is 18.9 Å². The fourth-order valence-corrected chi connectivity index (χ4v) is 3.48. The lowest BCUT2D eigenvalue weighted by Gasteiger charge is -2.16. The third-order valence-corrected chi connectivity index (χ3v) is 4.82. The lowest BCUT2D eigenvalue weighted by molar-refractivity contribution is 0.0535. The highest BCUT2D eigenvalue weighted by Gasteiger charge is 2.32. The lowest BCUT2D eigenvalue weighted by Crippen LogP contribution is -2.00. The van der Waals surface area contributed by atoms with Crippen LogP contribution in [0.2, 0.25) is 0 Å². The largest absolute Gasteiger partial charge is 0.507 e. The molecule has 3 aromatic carbocycles. The van der Waals surface area contributed by atoms with Gasteiger partial charge in [0.15, 0.2) is 11.5 Å². The molecule has 6 heteroatoms. The van der Waals surface area contributed by atoms with Crippen molar-refractivity contribution >= 4 is 16.7 Å². The second-order valence-corrected chi connectivity index (χ2v) is 6.13. The Labute approximate surface area is 155 Å². The number of esters is 1. The summed E-state index contributed by atoms with van der Waals surface area (Å²) in [7, 11) is 4.67. The van der Waals surface area contributed by atoms with Crippen LogP contribution in [0.4, 0.5) is 0 Å². The molecule has 1 N–H and O–H groups in total. The van der Waals surface area contributed by atoms with Crippen LogP contribution in [0.15, 0.2) is 36.4 Å². The van der Waals surface area contributed by atoms with Gasteiger partial charge in [-0.15, -0.1) is 0 Å². The van der Waals surface area contributed by atoms with E-state index in [0.717, 1.165) is 5.56 Å². The van der Waals surface area contributed by atoms with Gasteiger partial charge in [-0.2, -0.15) is 0 Å². The Morgan fingerprint density at radius 2 is 1.52 bits per heavy atom. The number of phenolic OH excluding ortho intramolecular Hbond substituents is 1. The zero-order valence-corrected chi connectivity index (χ0v) is 15.2. The molecular formula is C21H18O6. The van der Waals surface area contributed by atoms with E-state index in [2.05, 4.69) is 0 Å². The van der Waals surface area contributed by atoms with E-state index in [0.29, 0.717) is 44.7 Å². The van der Waals surface area contributed by atoms with Crippen LogP contribution >= 0.6 is 0 Å². The molecule has 1 aliphatic heterocycles. The molecule has 0 spiro atoms. The van der Waals surface area contributed by atoms with Gasteiger partial charge in [0, 0.05) is 16.5 Å². The molecule has 1 heterocycles. The average molecular weight is 366 g/mol. The number of phenols is 1. The maximum Gasteiger partial charge on any atom is 0.339 e. The molecular weight excluding hydrogens is 348 g/mol. The zero-order valence-electron chi connectivity index (χ0n) is 15.2. The van der Waals surface area contributed by atoms with Gasteiger partial charge in [0.2, 0.25) is 0 Å². The molecule has 1 aliphatic rings. The second kappa shape index (κ2) is 6.39. The molecule has 27 heavy (non-hydrogen) atoms. The molecule has 0 saturated carbocycles. The number of carbonyl (C=O) groups excluding carboxylic acids is 1. The summed E-state index contributed by atoms with van der Waals surface area (Å²) in [5.41, 5.74) is 2.34. The van der Waals surface area contributed by atoms with Gasteiger partial charge in [-0.1, -0.05) is 12.1 Å². The molecule has 3 aromatic rings. The summed E-state index contributed by atoms with van der Waals surface area (Å²) in [5, 5.41) is 12.0. The van der Waals surface area contributed by atoms with E-state index in [9.17, 15) is 9.90 Å². The van der Waals surface area contributed by atoms with Crippen molar-refractivity contribution in [2.24, 2.45) is 0 Å². The molecule has 0 atom stereocenters. The molecule has 0 unspecified atom stereocenters. The number of hydrogen-bond donors (Lipinski definition) is 1. The van der Waals surface area contributed by atoms with Crippen LogP contribution in [0.25, 0.3) is 21.9 Å². The topological polar surface area (TPSA) is 74.2 Å². The van der Waals surface area contributed by atoms with Crippen molar-refractivity contribution in [3.8, 4) is 34.1 Å². The SMILES string of the molecule is COc1ccc(-c2c3c(c(O)c4cc(OC)c(OC)cc24)COC3=O)cc1. The highest BCUT2D eigenvalue weighted by molar-refractivity contribution is 6.13. The first kappa shape index (κ1) is 17.0. The van der Waals surface area contributed by atoms with Crippen LogP contribution in [0.1, 0.15) is 15.9 Å². The normalized spacial score (nSPS) is 12.6. The van der Waals surface area contributed by atoms with Crippen LogP contribution < -0.4 is 14.2 Å². The van der Waals surface area contributed by atoms with Crippen LogP contribution in [-0.4, -0.2) is 32.4 Å². The summed E-state index contributed by atoms with van der Waals surface area (Å²) in [6.07, 6.45) is 0. The quantitative estimate of drug-likeness (QED) is 0.706. The Hall–Kier alpha value is -3.41. The van der Waals surface area contributed by atoms with E-state index < -0.39 is 5.97 Å². The zero-order chi connectivity index (χ0) is 19.1. The Bertz CT molecular complexity index is 1050. The highest BCUT2D eigenvalue weighted by Crippen LogP contribution is 2.47. The number of ether oxygens (including phenoxy) is 4. The van der Waals surface area contributed by atoms with Crippen LogP contribution in [0, 0.1) is 0 Å². The van der Waals surface area contributed by atoms with Crippen molar-refractivity contribution in [3.63, 3.8) is 0 Å². The number of benzene rings is 3. The Kier molecular flexibility index (Phi) is 4.03. The first-order valence-corrected chi connectivity index (χ1v) is 8.34. The smallest absolute Gasteiger partial charge is 0.339 e. The molecule has 0 saturated heterocycles. The minimum Gasteiger partial charge on any atom is -0.507 e. The van der Waals surface area contributed by atoms with E-state index in [1.165, 1.54) is 14.2 Å². The molecule has 6 nitrogen and oxygen atoms in total. The highest BCUT2D eigenvalue weighted by atomic mass is 16.5. The van der Waals surface area contributed by atoms with Crippen molar-refractivity contribution in [3.05, 3.63) is 47.5 Å². The third-order valence-electron chi connectivity index (χ3n) is 4.82. The minimum atomic E-state index is -0.456. The molecule has 138 valence electrons. The van der Waals surface area contributed by atoms with Crippen molar-refractivity contribution in [1.29, 1.82) is 0 Å². The number of carbonyl (C=O) groups is 1. The maximum atomic E-state index is 12.4. The average Bonchev–Trinajstić information content (AvgIpc) is 3.09. The first-order chi connectivity index (χ1) is 13.1. The number of rotatable bonds is 4. The molecule has 0 amide bonds. The number of hydrogen-bond acceptors (Lipinski definition) is 6. The molecule has 0 aliphatic carbocycles. The number of methoxy groups -OCH3 is 3. The van der Waals surface area contributed by atoms with Crippen LogP contribution in [0.5, 0.6) is 23.0 Å². The van der Waals surface area contributed by atoms with Gasteiger partial charge in [-0.3, -0.25) is 0 Å². The Balaban J connectivity index is 2.12. The van der Waals surface area contributed by atoms with E-state index in [1.54, 1.807) is 19.2 Å². The van der Waals surface area contributed by atoms with Crippen molar-refractivity contribution in [2.45, 2.75) is 6.61 Å². The standard InChI is InChI=1S/C21H18O6/c1-24-12-6-4-11(5-7-12)18-13-8-16(25-2)17(26-3)9-14(13)20(22)15-10-27-21(23)19(15)18/h4-9,22H,10H2,1-3H3. The van der Waals surface area contributed by atoms with Crippen molar-refractivity contribution in [2.75, 3.05) is 21.3 Å². The molecule has 0 aromatic heterocycles. The maximum absolute atomic E-state index is 12.4. The van der Waals surface area contributed by atoms with E-state index >= 15 is 0 Å². The fraction of sp³-hybridized carbons (Fsp3) is 0.190. The number of cyclic esters (lactones) is 1. The summed E-state index contributed by atoms with van der Waals surface area (Å²) in [4.78, 5) is 12.4. The van der Waals surface area contributed by atoms with Crippen molar-refractivity contribution < 1.29 is 28.8 Å². The van der Waals surface area contributed by atoms with Gasteiger partial charge in [0.05, 0.1) is 26.9 Å². The van der Waals surface area contributed by atoms with E-state index in [-0.39, 0.29) is 12.4 Å². The summed E-state index contributed by atoms with van der Waals surface area (Å²) in [6.45, 7) is 0.0352. The Morgan fingerprint density at radius 3 is 2.11 bits per heavy atom. The predicted molar refractivity (Wildman–Crippen MR) is 99.8 cm³/mol. The van der Waals surface area contributed by atoms with Crippen molar-refractivity contribution in [1.82, 2.24) is 0 Å². The van der Waals surface area contributed by atoms with Gasteiger partial charge in [0.1, 0.15) is 18.1 Å². The van der Waals surface area contributed by atoms with Gasteiger partial charge in [-0.05, 0) is 35.2 Å². The fourth-order valence-electron chi connectivity index (χ4n) is 3.48.